The maximum Gasteiger partial charge on any atom is 0.308 e. The maximum absolute atomic E-state index is 13.8. The number of fused-ring (bicyclic) bond motifs is 1. The summed E-state index contributed by atoms with van der Waals surface area (Å²) in [6.07, 6.45) is 10.8. The minimum Gasteiger partial charge on any atom is -0.460 e. The number of carbonyl (C=O) groups excluding carboxylic acids is 3. The molecule has 13 nitrogen and oxygen atoms in total. The Morgan fingerprint density at radius 2 is 1.50 bits per heavy atom. The van der Waals surface area contributed by atoms with Crippen LogP contribution in [0.4, 0.5) is 11.4 Å². The van der Waals surface area contributed by atoms with Crippen LogP contribution in [0.1, 0.15) is 104 Å². The summed E-state index contributed by atoms with van der Waals surface area (Å²) in [5, 5.41) is 19.1. The van der Waals surface area contributed by atoms with Crippen molar-refractivity contribution in [2.75, 3.05) is 76.2 Å². The van der Waals surface area contributed by atoms with Gasteiger partial charge in [-0.2, -0.15) is 0 Å². The third-order valence-electron chi connectivity index (χ3n) is 10.6. The second-order valence-electron chi connectivity index (χ2n) is 16.7. The SMILES string of the molecule is CC(C)(C)OC(=O)CCOCCOCCOCCOCCCc1cccc(C(=O)Nc2ccc(N3CCCCC3)cc2C(=[NH2+])/C=C(\C=[NH2+])C(=O)N[C@H]2CCCc3ccccc32)c1. The van der Waals surface area contributed by atoms with Crippen molar-refractivity contribution in [2.45, 2.75) is 90.2 Å². The van der Waals surface area contributed by atoms with Gasteiger partial charge in [0.15, 0.2) is 6.21 Å². The Balaban J connectivity index is 1.07. The van der Waals surface area contributed by atoms with Crippen LogP contribution in [0.5, 0.6) is 0 Å². The minimum absolute atomic E-state index is 0.113. The molecule has 2 aliphatic rings. The van der Waals surface area contributed by atoms with Crippen molar-refractivity contribution in [3.63, 3.8) is 0 Å². The lowest BCUT2D eigenvalue weighted by Crippen LogP contribution is -2.43. The smallest absolute Gasteiger partial charge is 0.308 e. The second-order valence-corrected chi connectivity index (χ2v) is 16.7. The fourth-order valence-corrected chi connectivity index (χ4v) is 7.56. The van der Waals surface area contributed by atoms with Gasteiger partial charge in [-0.25, -0.2) is 0 Å². The molecule has 0 spiro atoms. The van der Waals surface area contributed by atoms with E-state index in [1.165, 1.54) is 18.2 Å². The van der Waals surface area contributed by atoms with Gasteiger partial charge in [0, 0.05) is 37.0 Å². The van der Waals surface area contributed by atoms with E-state index in [1.54, 1.807) is 12.1 Å². The van der Waals surface area contributed by atoms with Crippen LogP contribution in [0.25, 0.3) is 0 Å². The summed E-state index contributed by atoms with van der Waals surface area (Å²) in [5.74, 6) is -0.847. The van der Waals surface area contributed by atoms with Crippen LogP contribution in [-0.2, 0) is 46.1 Å². The molecular formula is C49H67N5O8+2. The van der Waals surface area contributed by atoms with Crippen molar-refractivity contribution in [1.29, 1.82) is 0 Å². The van der Waals surface area contributed by atoms with E-state index in [9.17, 15) is 14.4 Å². The summed E-state index contributed by atoms with van der Waals surface area (Å²) in [6.45, 7) is 10.9. The van der Waals surface area contributed by atoms with Crippen molar-refractivity contribution >= 4 is 41.1 Å². The van der Waals surface area contributed by atoms with Crippen molar-refractivity contribution in [3.05, 3.63) is 106 Å². The van der Waals surface area contributed by atoms with Gasteiger partial charge in [0.2, 0.25) is 5.71 Å². The quantitative estimate of drug-likeness (QED) is 0.0447. The van der Waals surface area contributed by atoms with Crippen molar-refractivity contribution in [2.24, 2.45) is 0 Å². The fraction of sp³-hybridized carbons (Fsp3) is 0.490. The highest BCUT2D eigenvalue weighted by molar-refractivity contribution is 6.20. The van der Waals surface area contributed by atoms with E-state index in [0.29, 0.717) is 75.4 Å². The number of rotatable bonds is 24. The number of amides is 2. The number of benzene rings is 3. The molecule has 1 aliphatic heterocycles. The van der Waals surface area contributed by atoms with Crippen molar-refractivity contribution < 1.29 is 48.9 Å². The largest absolute Gasteiger partial charge is 0.460 e. The number of hydrogen-bond donors (Lipinski definition) is 4. The van der Waals surface area contributed by atoms with Gasteiger partial charge in [0.1, 0.15) is 11.2 Å². The van der Waals surface area contributed by atoms with E-state index in [2.05, 4.69) is 27.7 Å². The van der Waals surface area contributed by atoms with Gasteiger partial charge in [-0.1, -0.05) is 36.4 Å². The lowest BCUT2D eigenvalue weighted by Gasteiger charge is -2.29. The van der Waals surface area contributed by atoms with E-state index < -0.39 is 5.60 Å². The second kappa shape index (κ2) is 25.0. The van der Waals surface area contributed by atoms with Crippen LogP contribution in [0.2, 0.25) is 0 Å². The van der Waals surface area contributed by atoms with Gasteiger partial charge in [-0.15, -0.1) is 0 Å². The molecule has 6 N–H and O–H groups in total. The molecule has 5 rings (SSSR count). The first-order valence-corrected chi connectivity index (χ1v) is 22.1. The number of nitrogens with zero attached hydrogens (tertiary/aromatic N) is 1. The van der Waals surface area contributed by atoms with E-state index in [4.69, 9.17) is 34.5 Å². The summed E-state index contributed by atoms with van der Waals surface area (Å²) in [5.41, 5.74) is 6.15. The molecule has 1 heterocycles. The highest BCUT2D eigenvalue weighted by Gasteiger charge is 2.25. The Labute approximate surface area is 366 Å². The highest BCUT2D eigenvalue weighted by Crippen LogP contribution is 2.30. The molecule has 0 aromatic heterocycles. The highest BCUT2D eigenvalue weighted by atomic mass is 16.6. The normalized spacial score (nSPS) is 15.4. The van der Waals surface area contributed by atoms with Crippen molar-refractivity contribution in [3.8, 4) is 0 Å². The minimum atomic E-state index is -0.494. The molecule has 3 aromatic carbocycles. The number of nitrogens with two attached hydrogens (primary N) is 2. The van der Waals surface area contributed by atoms with Crippen LogP contribution in [0.3, 0.4) is 0 Å². The fourth-order valence-electron chi connectivity index (χ4n) is 7.56. The molecule has 1 saturated heterocycles. The number of anilines is 2. The zero-order chi connectivity index (χ0) is 44.2. The monoisotopic (exact) mass is 853 g/mol. The molecule has 1 fully saturated rings. The predicted octanol–water partition coefficient (Wildman–Crippen LogP) is 4.16. The lowest BCUT2D eigenvalue weighted by molar-refractivity contribution is -0.156. The van der Waals surface area contributed by atoms with Gasteiger partial charge in [0.25, 0.3) is 11.8 Å². The van der Waals surface area contributed by atoms with Gasteiger partial charge >= 0.3 is 5.97 Å². The molecule has 1 aliphatic carbocycles. The van der Waals surface area contributed by atoms with E-state index in [0.717, 1.165) is 74.8 Å². The van der Waals surface area contributed by atoms with Crippen LogP contribution in [-0.4, -0.2) is 101 Å². The molecule has 0 unspecified atom stereocenters. The molecular weight excluding hydrogens is 787 g/mol. The van der Waals surface area contributed by atoms with E-state index >= 15 is 0 Å². The molecule has 2 amide bonds. The zero-order valence-electron chi connectivity index (χ0n) is 36.9. The molecule has 13 heteroatoms. The van der Waals surface area contributed by atoms with Crippen LogP contribution in [0, 0.1) is 0 Å². The number of aryl methyl sites for hydroxylation is 2. The Kier molecular flexibility index (Phi) is 19.3. The molecule has 1 atom stereocenters. The number of allylic oxidation sites excluding steroid dienone is 1. The van der Waals surface area contributed by atoms with Gasteiger partial charge < -0.3 is 39.2 Å². The number of piperidine rings is 1. The molecule has 3 aromatic rings. The first kappa shape index (κ1) is 47.8. The first-order valence-electron chi connectivity index (χ1n) is 22.1. The number of carbonyl (C=O) groups is 3. The topological polar surface area (TPSA) is 176 Å². The number of esters is 1. The standard InChI is InChI=1S/C49H65N5O8/c1-49(2,3)62-46(55)21-25-59-27-29-61-31-30-60-28-26-58-24-11-13-36-12-9-16-38(32-36)47(56)53-45-20-19-40(54-22-7-4-8-23-54)34-42(45)43(51)33-39(35-50)48(57)52-44-18-10-15-37-14-5-6-17-41(37)44/h5-6,9,12,14,16-17,19-20,32-35,44,50-51H,4,7-8,10-11,13,15,18,21-31H2,1-3H3,(H,52,57)(H,53,56)/p+2/b39-33+,50-35?,51-43?/t44-/m0/s1. The maximum atomic E-state index is 13.8. The van der Waals surface area contributed by atoms with E-state index in [-0.39, 0.29) is 35.8 Å². The number of ether oxygens (including phenoxy) is 5. The average Bonchev–Trinajstić information content (AvgIpc) is 3.26. The molecule has 0 bridgehead atoms. The summed E-state index contributed by atoms with van der Waals surface area (Å²) in [7, 11) is 0. The van der Waals surface area contributed by atoms with Crippen LogP contribution >= 0.6 is 0 Å². The molecule has 334 valence electrons. The van der Waals surface area contributed by atoms with Gasteiger partial charge in [-0.05, 0) is 119 Å². The number of hydrogen-bond acceptors (Lipinski definition) is 9. The Bertz CT molecular complexity index is 1990. The summed E-state index contributed by atoms with van der Waals surface area (Å²) in [4.78, 5) is 41.4. The Morgan fingerprint density at radius 3 is 2.21 bits per heavy atom. The third kappa shape index (κ3) is 15.9. The first-order chi connectivity index (χ1) is 30.0. The third-order valence-corrected chi connectivity index (χ3v) is 10.6. The van der Waals surface area contributed by atoms with E-state index in [1.807, 2.05) is 69.3 Å². The molecule has 0 radical (unpaired) electrons. The van der Waals surface area contributed by atoms with Crippen LogP contribution < -0.4 is 26.4 Å². The molecule has 0 saturated carbocycles. The summed E-state index contributed by atoms with van der Waals surface area (Å²) >= 11 is 0. The van der Waals surface area contributed by atoms with Gasteiger partial charge in [-0.3, -0.25) is 25.2 Å². The average molecular weight is 854 g/mol. The predicted molar refractivity (Wildman–Crippen MR) is 241 cm³/mol. The number of nitrogens with one attached hydrogen (secondary N) is 2. The summed E-state index contributed by atoms with van der Waals surface area (Å²) < 4.78 is 27.5. The zero-order valence-corrected chi connectivity index (χ0v) is 36.9. The molecule has 62 heavy (non-hydrogen) atoms. The van der Waals surface area contributed by atoms with Crippen molar-refractivity contribution in [1.82, 2.24) is 5.32 Å². The van der Waals surface area contributed by atoms with Crippen LogP contribution in [0.15, 0.2) is 78.4 Å². The Hall–Kier alpha value is -5.21. The Morgan fingerprint density at radius 1 is 0.806 bits per heavy atom. The summed E-state index contributed by atoms with van der Waals surface area (Å²) in [6, 6.07) is 21.6. The van der Waals surface area contributed by atoms with Gasteiger partial charge in [0.05, 0.1) is 70.0 Å². The lowest BCUT2D eigenvalue weighted by atomic mass is 9.87.